The number of nitrogens with one attached hydrogen (secondary N) is 5. The van der Waals surface area contributed by atoms with Gasteiger partial charge in [0.15, 0.2) is 0 Å². The highest BCUT2D eigenvalue weighted by atomic mass is 16.4. The average Bonchev–Trinajstić information content (AvgIpc) is 3.51. The van der Waals surface area contributed by atoms with Gasteiger partial charge in [0, 0.05) is 36.6 Å². The molecule has 0 saturated carbocycles. The van der Waals surface area contributed by atoms with Gasteiger partial charge in [-0.2, -0.15) is 0 Å². The van der Waals surface area contributed by atoms with Crippen LogP contribution in [0, 0.1) is 5.92 Å². The van der Waals surface area contributed by atoms with Crippen molar-refractivity contribution < 1.29 is 29.1 Å². The lowest BCUT2D eigenvalue weighted by Gasteiger charge is -2.24. The molecule has 4 atom stereocenters. The van der Waals surface area contributed by atoms with Gasteiger partial charge in [0.2, 0.25) is 23.6 Å². The molecule has 10 N–H and O–H groups in total. The van der Waals surface area contributed by atoms with Gasteiger partial charge >= 0.3 is 5.97 Å². The number of primary amides is 1. The second-order valence-corrected chi connectivity index (χ2v) is 8.99. The first-order valence-corrected chi connectivity index (χ1v) is 11.6. The van der Waals surface area contributed by atoms with Crippen LogP contribution in [0.5, 0.6) is 0 Å². The Hall–Kier alpha value is -4.27. The number of carboxylic acids is 1. The average molecular weight is 520 g/mol. The van der Waals surface area contributed by atoms with Crippen LogP contribution in [0.15, 0.2) is 25.0 Å². The number of nitrogens with two attached hydrogens (primary N) is 2. The van der Waals surface area contributed by atoms with E-state index in [0.29, 0.717) is 17.8 Å². The summed E-state index contributed by atoms with van der Waals surface area (Å²) >= 11 is 0. The van der Waals surface area contributed by atoms with E-state index in [9.17, 15) is 29.1 Å². The van der Waals surface area contributed by atoms with E-state index in [-0.39, 0.29) is 18.8 Å². The number of hydrogen-bond donors (Lipinski definition) is 8. The topological polar surface area (TPSA) is 251 Å². The van der Waals surface area contributed by atoms with Gasteiger partial charge in [-0.1, -0.05) is 13.8 Å². The van der Waals surface area contributed by atoms with Crippen LogP contribution >= 0.6 is 0 Å². The third kappa shape index (κ3) is 9.71. The highest BCUT2D eigenvalue weighted by Crippen LogP contribution is 2.06. The zero-order chi connectivity index (χ0) is 27.5. The van der Waals surface area contributed by atoms with Crippen LogP contribution in [0.1, 0.15) is 38.1 Å². The minimum atomic E-state index is -1.50. The molecule has 4 amide bonds. The predicted octanol–water partition coefficient (Wildman–Crippen LogP) is -2.29. The molecule has 15 heteroatoms. The molecule has 0 aliphatic heterocycles. The van der Waals surface area contributed by atoms with Crippen molar-refractivity contribution in [2.24, 2.45) is 17.4 Å². The van der Waals surface area contributed by atoms with Crippen molar-refractivity contribution in [3.05, 3.63) is 36.4 Å². The SMILES string of the molecule is CC(C)CC(N)C(=O)NC(Cc1cnc[nH]1)C(=O)NC(CC(N)=O)C(=O)NC(Cc1cnc[nH]1)C(=O)O. The molecule has 0 radical (unpaired) electrons. The molecule has 0 bridgehead atoms. The number of rotatable bonds is 15. The van der Waals surface area contributed by atoms with Crippen molar-refractivity contribution in [1.82, 2.24) is 35.9 Å². The van der Waals surface area contributed by atoms with Gasteiger partial charge in [0.05, 0.1) is 25.1 Å². The van der Waals surface area contributed by atoms with Crippen molar-refractivity contribution in [2.45, 2.75) is 63.7 Å². The molecule has 0 aliphatic carbocycles. The Morgan fingerprint density at radius 3 is 1.81 bits per heavy atom. The van der Waals surface area contributed by atoms with Gasteiger partial charge < -0.3 is 42.5 Å². The van der Waals surface area contributed by atoms with Crippen molar-refractivity contribution in [2.75, 3.05) is 0 Å². The molecule has 0 aliphatic rings. The fraction of sp³-hybridized carbons (Fsp3) is 0.500. The van der Waals surface area contributed by atoms with Crippen LogP contribution in [0.25, 0.3) is 0 Å². The Labute approximate surface area is 212 Å². The maximum atomic E-state index is 13.2. The molecule has 202 valence electrons. The van der Waals surface area contributed by atoms with E-state index >= 15 is 0 Å². The van der Waals surface area contributed by atoms with Crippen LogP contribution in [0.3, 0.4) is 0 Å². The Balaban J connectivity index is 2.17. The van der Waals surface area contributed by atoms with Crippen LogP contribution in [0.2, 0.25) is 0 Å². The molecular formula is C22H33N9O6. The Morgan fingerprint density at radius 2 is 1.35 bits per heavy atom. The number of aromatic amines is 2. The summed E-state index contributed by atoms with van der Waals surface area (Å²) in [6.07, 6.45) is 5.24. The predicted molar refractivity (Wildman–Crippen MR) is 129 cm³/mol. The second-order valence-electron chi connectivity index (χ2n) is 8.99. The minimum absolute atomic E-state index is 0.0194. The van der Waals surface area contributed by atoms with Crippen LogP contribution < -0.4 is 27.4 Å². The van der Waals surface area contributed by atoms with Crippen LogP contribution in [0.4, 0.5) is 0 Å². The molecule has 0 saturated heterocycles. The Bertz CT molecular complexity index is 1050. The third-order valence-electron chi connectivity index (χ3n) is 5.31. The number of hydrogen-bond acceptors (Lipinski definition) is 8. The first-order valence-electron chi connectivity index (χ1n) is 11.6. The smallest absolute Gasteiger partial charge is 0.326 e. The molecule has 37 heavy (non-hydrogen) atoms. The van der Waals surface area contributed by atoms with E-state index in [1.807, 2.05) is 13.8 Å². The molecule has 0 fully saturated rings. The van der Waals surface area contributed by atoms with Gasteiger partial charge in [-0.15, -0.1) is 0 Å². The third-order valence-corrected chi connectivity index (χ3v) is 5.31. The second kappa shape index (κ2) is 13.7. The first-order chi connectivity index (χ1) is 17.5. The number of carbonyl (C=O) groups is 5. The molecule has 15 nitrogen and oxygen atoms in total. The molecule has 0 aromatic carbocycles. The Morgan fingerprint density at radius 1 is 0.865 bits per heavy atom. The van der Waals surface area contributed by atoms with Crippen molar-refractivity contribution in [1.29, 1.82) is 0 Å². The fourth-order valence-corrected chi connectivity index (χ4v) is 3.49. The quantitative estimate of drug-likeness (QED) is 0.126. The molecule has 2 aromatic rings. The summed E-state index contributed by atoms with van der Waals surface area (Å²) in [6.45, 7) is 3.79. The summed E-state index contributed by atoms with van der Waals surface area (Å²) in [6, 6.07) is -4.94. The summed E-state index contributed by atoms with van der Waals surface area (Å²) in [5, 5.41) is 16.8. The summed E-state index contributed by atoms with van der Waals surface area (Å²) in [5.74, 6) is -4.43. The summed E-state index contributed by atoms with van der Waals surface area (Å²) in [4.78, 5) is 75.2. The number of imidazole rings is 2. The summed E-state index contributed by atoms with van der Waals surface area (Å²) in [5.41, 5.74) is 12.2. The van der Waals surface area contributed by atoms with E-state index < -0.39 is 60.2 Å². The van der Waals surface area contributed by atoms with E-state index in [2.05, 4.69) is 35.9 Å². The standard InChI is InChI=1S/C22H33N9O6/c1-11(2)3-14(23)19(33)29-15(4-12-7-25-9-27-12)20(34)30-16(6-18(24)32)21(35)31-17(22(36)37)5-13-8-26-10-28-13/h7-11,14-17H,3-6,23H2,1-2H3,(H2,24,32)(H,25,27)(H,26,28)(H,29,33)(H,30,34)(H,31,35)(H,36,37). The zero-order valence-corrected chi connectivity index (χ0v) is 20.6. The van der Waals surface area contributed by atoms with Gasteiger partial charge in [0.1, 0.15) is 18.1 Å². The molecule has 0 spiro atoms. The normalized spacial score (nSPS) is 14.3. The van der Waals surface area contributed by atoms with E-state index in [4.69, 9.17) is 11.5 Å². The lowest BCUT2D eigenvalue weighted by molar-refractivity contribution is -0.142. The van der Waals surface area contributed by atoms with Gasteiger partial charge in [-0.05, 0) is 12.3 Å². The van der Waals surface area contributed by atoms with Crippen molar-refractivity contribution >= 4 is 29.6 Å². The lowest BCUT2D eigenvalue weighted by atomic mass is 10.0. The fourth-order valence-electron chi connectivity index (χ4n) is 3.49. The zero-order valence-electron chi connectivity index (χ0n) is 20.6. The van der Waals surface area contributed by atoms with Crippen molar-refractivity contribution in [3.63, 3.8) is 0 Å². The maximum absolute atomic E-state index is 13.2. The first kappa shape index (κ1) is 29.0. The molecule has 2 heterocycles. The number of aromatic nitrogens is 4. The monoisotopic (exact) mass is 519 g/mol. The van der Waals surface area contributed by atoms with Crippen LogP contribution in [-0.2, 0) is 36.8 Å². The number of carboxylic acid groups (broad SMARTS) is 1. The van der Waals surface area contributed by atoms with Crippen molar-refractivity contribution in [3.8, 4) is 0 Å². The molecule has 4 unspecified atom stereocenters. The highest BCUT2D eigenvalue weighted by Gasteiger charge is 2.32. The number of amides is 4. The van der Waals surface area contributed by atoms with Gasteiger partial charge in [0.25, 0.3) is 0 Å². The summed E-state index contributed by atoms with van der Waals surface area (Å²) < 4.78 is 0. The highest BCUT2D eigenvalue weighted by molar-refractivity contribution is 5.96. The largest absolute Gasteiger partial charge is 0.480 e. The van der Waals surface area contributed by atoms with E-state index in [1.54, 1.807) is 0 Å². The molecule has 2 aromatic heterocycles. The van der Waals surface area contributed by atoms with E-state index in [1.165, 1.54) is 25.0 Å². The minimum Gasteiger partial charge on any atom is -0.480 e. The van der Waals surface area contributed by atoms with Crippen LogP contribution in [-0.4, -0.2) is 78.8 Å². The number of H-pyrrole nitrogens is 2. The molecular weight excluding hydrogens is 486 g/mol. The Kier molecular flexibility index (Phi) is 10.7. The number of nitrogens with zero attached hydrogens (tertiary/aromatic N) is 2. The lowest BCUT2D eigenvalue weighted by Crippen LogP contribution is -2.58. The van der Waals surface area contributed by atoms with Gasteiger partial charge in [-0.25, -0.2) is 14.8 Å². The summed E-state index contributed by atoms with van der Waals surface area (Å²) in [7, 11) is 0. The van der Waals surface area contributed by atoms with Gasteiger partial charge in [-0.3, -0.25) is 19.2 Å². The van der Waals surface area contributed by atoms with E-state index in [0.717, 1.165) is 0 Å². The number of aliphatic carboxylic acids is 1. The maximum Gasteiger partial charge on any atom is 0.326 e. The molecule has 2 rings (SSSR count). The number of carbonyl (C=O) groups excluding carboxylic acids is 4.